The van der Waals surface area contributed by atoms with Crippen molar-refractivity contribution in [2.45, 2.75) is 38.2 Å². The number of aryl methyl sites for hydroxylation is 1. The molecule has 2 aromatic rings. The highest BCUT2D eigenvalue weighted by atomic mass is 16.5. The van der Waals surface area contributed by atoms with Crippen molar-refractivity contribution in [1.29, 1.82) is 0 Å². The fourth-order valence-electron chi connectivity index (χ4n) is 4.30. The average Bonchev–Trinajstić information content (AvgIpc) is 2.74. The van der Waals surface area contributed by atoms with Crippen LogP contribution in [-0.4, -0.2) is 48.3 Å². The average molecular weight is 395 g/mol. The van der Waals surface area contributed by atoms with E-state index in [0.717, 1.165) is 43.1 Å². The van der Waals surface area contributed by atoms with Crippen LogP contribution in [0, 0.1) is 5.92 Å². The zero-order valence-corrected chi connectivity index (χ0v) is 16.8. The summed E-state index contributed by atoms with van der Waals surface area (Å²) in [6, 6.07) is 16.5. The number of β-amino-alcohol motifs (C(OH)–C–C–N with tert-alkyl or cyclic N) is 1. The van der Waals surface area contributed by atoms with Gasteiger partial charge in [-0.3, -0.25) is 4.79 Å². The first kappa shape index (κ1) is 19.9. The van der Waals surface area contributed by atoms with Crippen molar-refractivity contribution in [1.82, 2.24) is 4.90 Å². The lowest BCUT2D eigenvalue weighted by Gasteiger charge is -2.33. The summed E-state index contributed by atoms with van der Waals surface area (Å²) >= 11 is 0. The van der Waals surface area contributed by atoms with Gasteiger partial charge in [-0.25, -0.2) is 0 Å². The van der Waals surface area contributed by atoms with Crippen molar-refractivity contribution in [3.63, 3.8) is 0 Å². The Morgan fingerprint density at radius 3 is 2.69 bits per heavy atom. The number of nitrogens with zero attached hydrogens (tertiary/aromatic N) is 1. The van der Waals surface area contributed by atoms with Crippen molar-refractivity contribution in [2.75, 3.05) is 31.6 Å². The predicted octanol–water partition coefficient (Wildman–Crippen LogP) is 3.27. The molecule has 0 bridgehead atoms. The number of aliphatic hydroxyl groups is 1. The van der Waals surface area contributed by atoms with Gasteiger partial charge in [0.15, 0.2) is 0 Å². The third kappa shape index (κ3) is 5.58. The van der Waals surface area contributed by atoms with Crippen LogP contribution in [0.4, 0.5) is 5.69 Å². The van der Waals surface area contributed by atoms with Crippen LogP contribution >= 0.6 is 0 Å². The Morgan fingerprint density at radius 1 is 1.10 bits per heavy atom. The smallest absolute Gasteiger partial charge is 0.224 e. The van der Waals surface area contributed by atoms with E-state index in [9.17, 15) is 9.90 Å². The number of anilines is 1. The normalized spacial score (nSPS) is 18.7. The fourth-order valence-corrected chi connectivity index (χ4v) is 4.30. The number of amides is 1. The summed E-state index contributed by atoms with van der Waals surface area (Å²) in [7, 11) is 0. The third-order valence-corrected chi connectivity index (χ3v) is 5.96. The molecular formula is C24H30N2O3. The zero-order chi connectivity index (χ0) is 20.1. The SMILES string of the molecule is O=C1CCc2ccc(OCC(O)CN3CCC(Cc4ccccc4)CC3)cc2N1. The van der Waals surface area contributed by atoms with E-state index >= 15 is 0 Å². The van der Waals surface area contributed by atoms with Crippen LogP contribution in [0.25, 0.3) is 0 Å². The Labute approximate surface area is 172 Å². The summed E-state index contributed by atoms with van der Waals surface area (Å²) in [5.41, 5.74) is 3.38. The molecule has 1 unspecified atom stereocenters. The summed E-state index contributed by atoms with van der Waals surface area (Å²) in [5, 5.41) is 13.3. The van der Waals surface area contributed by atoms with Gasteiger partial charge in [0.25, 0.3) is 0 Å². The standard InChI is InChI=1S/C24H30N2O3/c27-21(17-29-22-8-6-20-7-9-24(28)25-23(20)15-22)16-26-12-10-19(11-13-26)14-18-4-2-1-3-5-18/h1-6,8,15,19,21,27H,7,9-14,16-17H2,(H,25,28). The first-order valence-corrected chi connectivity index (χ1v) is 10.7. The van der Waals surface area contributed by atoms with E-state index in [1.54, 1.807) is 0 Å². The topological polar surface area (TPSA) is 61.8 Å². The minimum Gasteiger partial charge on any atom is -0.491 e. The highest BCUT2D eigenvalue weighted by molar-refractivity contribution is 5.94. The molecule has 1 saturated heterocycles. The van der Waals surface area contributed by atoms with Gasteiger partial charge in [0.2, 0.25) is 5.91 Å². The molecule has 1 fully saturated rings. The predicted molar refractivity (Wildman–Crippen MR) is 114 cm³/mol. The summed E-state index contributed by atoms with van der Waals surface area (Å²) in [6.07, 6.45) is 4.28. The summed E-state index contributed by atoms with van der Waals surface area (Å²) in [4.78, 5) is 13.9. The second-order valence-electron chi connectivity index (χ2n) is 8.27. The summed E-state index contributed by atoms with van der Waals surface area (Å²) < 4.78 is 5.78. The minimum atomic E-state index is -0.522. The number of benzene rings is 2. The first-order valence-electron chi connectivity index (χ1n) is 10.7. The lowest BCUT2D eigenvalue weighted by Crippen LogP contribution is -2.41. The molecule has 2 N–H and O–H groups in total. The van der Waals surface area contributed by atoms with Crippen molar-refractivity contribution in [2.24, 2.45) is 5.92 Å². The van der Waals surface area contributed by atoms with Crippen molar-refractivity contribution >= 4 is 11.6 Å². The van der Waals surface area contributed by atoms with Crippen LogP contribution in [0.2, 0.25) is 0 Å². The monoisotopic (exact) mass is 394 g/mol. The van der Waals surface area contributed by atoms with Crippen LogP contribution < -0.4 is 10.1 Å². The van der Waals surface area contributed by atoms with Gasteiger partial charge in [-0.1, -0.05) is 36.4 Å². The molecular weight excluding hydrogens is 364 g/mol. The number of fused-ring (bicyclic) bond motifs is 1. The van der Waals surface area contributed by atoms with Crippen LogP contribution in [0.1, 0.15) is 30.4 Å². The molecule has 2 heterocycles. The molecule has 29 heavy (non-hydrogen) atoms. The van der Waals surface area contributed by atoms with Gasteiger partial charge in [0, 0.05) is 24.7 Å². The maximum absolute atomic E-state index is 11.6. The molecule has 2 aliphatic heterocycles. The maximum atomic E-state index is 11.6. The second-order valence-corrected chi connectivity index (χ2v) is 8.27. The van der Waals surface area contributed by atoms with Crippen molar-refractivity contribution in [3.8, 4) is 5.75 Å². The summed E-state index contributed by atoms with van der Waals surface area (Å²) in [6.45, 7) is 2.95. The Kier molecular flexibility index (Phi) is 6.47. The molecule has 154 valence electrons. The van der Waals surface area contributed by atoms with Crippen LogP contribution in [-0.2, 0) is 17.6 Å². The molecule has 2 aromatic carbocycles. The van der Waals surface area contributed by atoms with Gasteiger partial charge < -0.3 is 20.1 Å². The van der Waals surface area contributed by atoms with E-state index in [2.05, 4.69) is 40.5 Å². The van der Waals surface area contributed by atoms with E-state index in [4.69, 9.17) is 4.74 Å². The Hall–Kier alpha value is -2.37. The number of piperidine rings is 1. The number of likely N-dealkylation sites (tertiary alicyclic amines) is 1. The zero-order valence-electron chi connectivity index (χ0n) is 16.8. The number of carbonyl (C=O) groups excluding carboxylic acids is 1. The van der Waals surface area contributed by atoms with E-state index in [-0.39, 0.29) is 12.5 Å². The number of hydrogen-bond donors (Lipinski definition) is 2. The fraction of sp³-hybridized carbons (Fsp3) is 0.458. The molecule has 1 atom stereocenters. The largest absolute Gasteiger partial charge is 0.491 e. The quantitative estimate of drug-likeness (QED) is 0.757. The van der Waals surface area contributed by atoms with E-state index in [1.807, 2.05) is 18.2 Å². The number of nitrogens with one attached hydrogen (secondary N) is 1. The second kappa shape index (κ2) is 9.42. The molecule has 0 aromatic heterocycles. The highest BCUT2D eigenvalue weighted by Crippen LogP contribution is 2.27. The number of aliphatic hydroxyl groups excluding tert-OH is 1. The molecule has 0 radical (unpaired) electrons. The summed E-state index contributed by atoms with van der Waals surface area (Å²) in [5.74, 6) is 1.46. The molecule has 5 heteroatoms. The number of rotatable bonds is 7. The number of hydrogen-bond acceptors (Lipinski definition) is 4. The Morgan fingerprint density at radius 2 is 1.90 bits per heavy atom. The number of ether oxygens (including phenoxy) is 1. The lowest BCUT2D eigenvalue weighted by molar-refractivity contribution is -0.116. The van der Waals surface area contributed by atoms with Crippen molar-refractivity contribution < 1.29 is 14.6 Å². The highest BCUT2D eigenvalue weighted by Gasteiger charge is 2.22. The van der Waals surface area contributed by atoms with Gasteiger partial charge >= 0.3 is 0 Å². The lowest BCUT2D eigenvalue weighted by atomic mass is 9.90. The Balaban J connectivity index is 1.19. The van der Waals surface area contributed by atoms with E-state index < -0.39 is 6.10 Å². The number of carbonyl (C=O) groups is 1. The first-order chi connectivity index (χ1) is 14.2. The van der Waals surface area contributed by atoms with Crippen molar-refractivity contribution in [3.05, 3.63) is 59.7 Å². The van der Waals surface area contributed by atoms with Gasteiger partial charge in [-0.05, 0) is 61.9 Å². The molecule has 1 amide bonds. The van der Waals surface area contributed by atoms with Gasteiger partial charge in [-0.2, -0.15) is 0 Å². The third-order valence-electron chi connectivity index (χ3n) is 5.96. The van der Waals surface area contributed by atoms with Gasteiger partial charge in [0.1, 0.15) is 18.5 Å². The van der Waals surface area contributed by atoms with Gasteiger partial charge in [0.05, 0.1) is 0 Å². The molecule has 4 rings (SSSR count). The van der Waals surface area contributed by atoms with E-state index in [1.165, 1.54) is 18.4 Å². The van der Waals surface area contributed by atoms with Gasteiger partial charge in [-0.15, -0.1) is 0 Å². The molecule has 2 aliphatic rings. The van der Waals surface area contributed by atoms with Crippen LogP contribution in [0.15, 0.2) is 48.5 Å². The van der Waals surface area contributed by atoms with Crippen LogP contribution in [0.5, 0.6) is 5.75 Å². The maximum Gasteiger partial charge on any atom is 0.224 e. The van der Waals surface area contributed by atoms with E-state index in [0.29, 0.717) is 18.7 Å². The molecule has 0 saturated carbocycles. The molecule has 5 nitrogen and oxygen atoms in total. The minimum absolute atomic E-state index is 0.0466. The van der Waals surface area contributed by atoms with Crippen LogP contribution in [0.3, 0.4) is 0 Å². The molecule has 0 aliphatic carbocycles. The Bertz CT molecular complexity index is 816. The molecule has 0 spiro atoms.